The van der Waals surface area contributed by atoms with Crippen LogP contribution in [0.1, 0.15) is 56.8 Å². The van der Waals surface area contributed by atoms with Gasteiger partial charge in [-0.3, -0.25) is 9.69 Å². The normalized spacial score (nSPS) is 14.8. The van der Waals surface area contributed by atoms with E-state index in [0.717, 1.165) is 63.1 Å². The summed E-state index contributed by atoms with van der Waals surface area (Å²) in [5.74, 6) is 1.10. The van der Waals surface area contributed by atoms with Gasteiger partial charge in [-0.25, -0.2) is 4.98 Å². The van der Waals surface area contributed by atoms with Gasteiger partial charge < -0.3 is 10.2 Å². The number of carbonyl (C=O) groups excluding carboxylic acids is 1. The second-order valence-corrected chi connectivity index (χ2v) is 8.73. The van der Waals surface area contributed by atoms with Gasteiger partial charge in [0.25, 0.3) is 0 Å². The molecule has 0 radical (unpaired) electrons. The molecule has 2 aromatic rings. The summed E-state index contributed by atoms with van der Waals surface area (Å²) in [6, 6.07) is 10.4. The molecule has 0 unspecified atom stereocenters. The molecule has 2 heterocycles. The highest BCUT2D eigenvalue weighted by Crippen LogP contribution is 2.20. The average molecular weight is 430 g/mol. The summed E-state index contributed by atoms with van der Waals surface area (Å²) in [7, 11) is 0. The minimum Gasteiger partial charge on any atom is -0.355 e. The molecule has 1 aliphatic heterocycles. The van der Waals surface area contributed by atoms with Crippen LogP contribution in [-0.2, 0) is 11.2 Å². The van der Waals surface area contributed by atoms with Gasteiger partial charge in [0, 0.05) is 63.6 Å². The predicted molar refractivity (Wildman–Crippen MR) is 124 cm³/mol. The summed E-state index contributed by atoms with van der Waals surface area (Å²) < 4.78 is 4.54. The molecule has 1 amide bonds. The number of anilines is 1. The number of aromatic nitrogens is 2. The summed E-state index contributed by atoms with van der Waals surface area (Å²) in [6.45, 7) is 7.81. The zero-order valence-corrected chi connectivity index (χ0v) is 19.0. The molecule has 0 atom stereocenters. The van der Waals surface area contributed by atoms with E-state index in [1.165, 1.54) is 42.8 Å². The Bertz CT molecular complexity index is 743. The minimum absolute atomic E-state index is 0.199. The summed E-state index contributed by atoms with van der Waals surface area (Å²) in [5.41, 5.74) is 1.25. The van der Waals surface area contributed by atoms with Crippen LogP contribution < -0.4 is 10.2 Å². The molecule has 7 heteroatoms. The van der Waals surface area contributed by atoms with Crippen LogP contribution in [0.4, 0.5) is 5.13 Å². The van der Waals surface area contributed by atoms with Gasteiger partial charge in [0.05, 0.1) is 0 Å². The second-order valence-electron chi connectivity index (χ2n) is 8.00. The molecule has 1 saturated heterocycles. The Morgan fingerprint density at radius 3 is 2.60 bits per heavy atom. The maximum atomic E-state index is 11.9. The smallest absolute Gasteiger partial charge is 0.220 e. The number of piperazine rings is 1. The molecule has 1 N–H and O–H groups in total. The van der Waals surface area contributed by atoms with Crippen molar-refractivity contribution < 1.29 is 4.79 Å². The van der Waals surface area contributed by atoms with Crippen LogP contribution in [0.15, 0.2) is 30.3 Å². The fourth-order valence-corrected chi connectivity index (χ4v) is 4.45. The topological polar surface area (TPSA) is 61.4 Å². The van der Waals surface area contributed by atoms with Gasteiger partial charge in [0.1, 0.15) is 5.82 Å². The molecule has 6 nitrogen and oxygen atoms in total. The van der Waals surface area contributed by atoms with E-state index in [9.17, 15) is 4.79 Å². The lowest BCUT2D eigenvalue weighted by molar-refractivity contribution is -0.121. The van der Waals surface area contributed by atoms with E-state index in [-0.39, 0.29) is 5.91 Å². The monoisotopic (exact) mass is 429 g/mol. The maximum absolute atomic E-state index is 11.9. The third-order valence-electron chi connectivity index (χ3n) is 5.56. The molecule has 1 fully saturated rings. The van der Waals surface area contributed by atoms with Crippen LogP contribution in [0.5, 0.6) is 0 Å². The molecule has 1 aromatic carbocycles. The number of unbranched alkanes of at least 4 members (excludes halogenated alkanes) is 4. The van der Waals surface area contributed by atoms with Crippen molar-refractivity contribution in [2.24, 2.45) is 0 Å². The number of nitrogens with zero attached hydrogens (tertiary/aromatic N) is 4. The fraction of sp³-hybridized carbons (Fsp3) is 0.609. The Morgan fingerprint density at radius 2 is 1.83 bits per heavy atom. The molecule has 0 saturated carbocycles. The van der Waals surface area contributed by atoms with Crippen molar-refractivity contribution in [3.63, 3.8) is 0 Å². The van der Waals surface area contributed by atoms with Gasteiger partial charge in [0.15, 0.2) is 0 Å². The van der Waals surface area contributed by atoms with Crippen molar-refractivity contribution in [1.82, 2.24) is 19.6 Å². The van der Waals surface area contributed by atoms with E-state index in [4.69, 9.17) is 4.98 Å². The number of benzene rings is 1. The molecule has 0 spiro atoms. The van der Waals surface area contributed by atoms with Crippen LogP contribution in [0.3, 0.4) is 0 Å². The van der Waals surface area contributed by atoms with Gasteiger partial charge in [-0.15, -0.1) is 0 Å². The lowest BCUT2D eigenvalue weighted by Crippen LogP contribution is -2.48. The maximum Gasteiger partial charge on any atom is 0.220 e. The van der Waals surface area contributed by atoms with Crippen molar-refractivity contribution >= 4 is 22.6 Å². The first kappa shape index (κ1) is 22.7. The first-order valence-corrected chi connectivity index (χ1v) is 12.1. The van der Waals surface area contributed by atoms with Crippen LogP contribution in [-0.4, -0.2) is 59.4 Å². The minimum atomic E-state index is 0.199. The van der Waals surface area contributed by atoms with Gasteiger partial charge in [-0.05, 0) is 12.0 Å². The third kappa shape index (κ3) is 7.69. The molecule has 3 rings (SSSR count). The van der Waals surface area contributed by atoms with Gasteiger partial charge >= 0.3 is 0 Å². The predicted octanol–water partition coefficient (Wildman–Crippen LogP) is 3.73. The van der Waals surface area contributed by atoms with E-state index in [2.05, 4.69) is 50.7 Å². The number of rotatable bonds is 12. The molecule has 0 bridgehead atoms. The van der Waals surface area contributed by atoms with Crippen molar-refractivity contribution in [3.8, 4) is 0 Å². The highest BCUT2D eigenvalue weighted by molar-refractivity contribution is 7.09. The van der Waals surface area contributed by atoms with Gasteiger partial charge in [-0.1, -0.05) is 62.9 Å². The standard InChI is InChI=1S/C23H35N5OS/c1-2-3-4-5-9-12-22(29)24-13-14-27-15-17-28(18-16-27)23-25-21(26-30-23)19-20-10-7-6-8-11-20/h6-8,10-11H,2-5,9,12-19H2,1H3,(H,24,29). The Balaban J connectivity index is 1.30. The molecule has 1 aromatic heterocycles. The Kier molecular flexibility index (Phi) is 9.57. The number of carbonyl (C=O) groups is 1. The Hall–Kier alpha value is -1.99. The number of hydrogen-bond donors (Lipinski definition) is 1. The van der Waals surface area contributed by atoms with E-state index < -0.39 is 0 Å². The van der Waals surface area contributed by atoms with Crippen LogP contribution >= 0.6 is 11.5 Å². The summed E-state index contributed by atoms with van der Waals surface area (Å²) in [6.07, 6.45) is 7.40. The summed E-state index contributed by atoms with van der Waals surface area (Å²) >= 11 is 1.50. The van der Waals surface area contributed by atoms with Crippen LogP contribution in [0, 0.1) is 0 Å². The van der Waals surface area contributed by atoms with Gasteiger partial charge in [-0.2, -0.15) is 4.37 Å². The molecule has 1 aliphatic rings. The Morgan fingerprint density at radius 1 is 1.07 bits per heavy atom. The van der Waals surface area contributed by atoms with E-state index >= 15 is 0 Å². The van der Waals surface area contributed by atoms with E-state index in [1.54, 1.807) is 0 Å². The van der Waals surface area contributed by atoms with E-state index in [1.807, 2.05) is 6.07 Å². The summed E-state index contributed by atoms with van der Waals surface area (Å²) in [4.78, 5) is 21.4. The van der Waals surface area contributed by atoms with Crippen molar-refractivity contribution in [2.75, 3.05) is 44.2 Å². The second kappa shape index (κ2) is 12.6. The Labute approximate surface area is 184 Å². The van der Waals surface area contributed by atoms with Crippen molar-refractivity contribution in [1.29, 1.82) is 0 Å². The SMILES string of the molecule is CCCCCCCC(=O)NCCN1CCN(c2nc(Cc3ccccc3)ns2)CC1. The van der Waals surface area contributed by atoms with E-state index in [0.29, 0.717) is 6.42 Å². The zero-order chi connectivity index (χ0) is 21.0. The first-order valence-electron chi connectivity index (χ1n) is 11.3. The highest BCUT2D eigenvalue weighted by Gasteiger charge is 2.20. The lowest BCUT2D eigenvalue weighted by atomic mass is 10.1. The highest BCUT2D eigenvalue weighted by atomic mass is 32.1. The number of hydrogen-bond acceptors (Lipinski definition) is 6. The molecule has 0 aliphatic carbocycles. The average Bonchev–Trinajstić information content (AvgIpc) is 3.23. The lowest BCUT2D eigenvalue weighted by Gasteiger charge is -2.34. The van der Waals surface area contributed by atoms with Gasteiger partial charge in [0.2, 0.25) is 11.0 Å². The molecular formula is C23H35N5OS. The van der Waals surface area contributed by atoms with Crippen LogP contribution in [0.2, 0.25) is 0 Å². The van der Waals surface area contributed by atoms with Crippen LogP contribution in [0.25, 0.3) is 0 Å². The van der Waals surface area contributed by atoms with Crippen molar-refractivity contribution in [2.45, 2.75) is 51.9 Å². The fourth-order valence-electron chi connectivity index (χ4n) is 3.72. The van der Waals surface area contributed by atoms with Crippen molar-refractivity contribution in [3.05, 3.63) is 41.7 Å². The summed E-state index contributed by atoms with van der Waals surface area (Å²) in [5, 5.41) is 4.10. The first-order chi connectivity index (χ1) is 14.7. The zero-order valence-electron chi connectivity index (χ0n) is 18.2. The molecule has 30 heavy (non-hydrogen) atoms. The largest absolute Gasteiger partial charge is 0.355 e. The molecule has 164 valence electrons. The third-order valence-corrected chi connectivity index (χ3v) is 6.38. The molecular weight excluding hydrogens is 394 g/mol. The quantitative estimate of drug-likeness (QED) is 0.521. The number of nitrogens with one attached hydrogen (secondary N) is 1. The number of amides is 1.